The molecule has 0 aromatic heterocycles. The first-order valence-corrected chi connectivity index (χ1v) is 7.07. The average Bonchev–Trinajstić information content (AvgIpc) is 2.30. The summed E-state index contributed by atoms with van der Waals surface area (Å²) in [7, 11) is -0.686. The van der Waals surface area contributed by atoms with E-state index in [0.717, 1.165) is 24.3 Å². The van der Waals surface area contributed by atoms with Crippen molar-refractivity contribution in [2.24, 2.45) is 0 Å². The summed E-state index contributed by atoms with van der Waals surface area (Å²) in [4.78, 5) is 2.14. The van der Waals surface area contributed by atoms with E-state index in [9.17, 15) is 9.32 Å². The highest BCUT2D eigenvalue weighted by Gasteiger charge is 2.18. The summed E-state index contributed by atoms with van der Waals surface area (Å²) >= 11 is 6.03. The number of halogens is 1. The fourth-order valence-corrected chi connectivity index (χ4v) is 3.16. The molecule has 0 spiro atoms. The number of hydrogen-bond donors (Lipinski definition) is 1. The number of nitrogens with zero attached hydrogens (tertiary/aromatic N) is 1. The van der Waals surface area contributed by atoms with Crippen molar-refractivity contribution in [3.05, 3.63) is 28.8 Å². The molecule has 1 aromatic carbocycles. The van der Waals surface area contributed by atoms with E-state index in [1.807, 2.05) is 12.1 Å². The van der Waals surface area contributed by atoms with Crippen molar-refractivity contribution < 1.29 is 9.32 Å². The topological polar surface area (TPSA) is 40.5 Å². The zero-order valence-electron chi connectivity index (χ0n) is 8.86. The van der Waals surface area contributed by atoms with Crippen LogP contribution in [0.2, 0.25) is 5.02 Å². The normalized spacial score (nSPS) is 17.8. The van der Waals surface area contributed by atoms with Crippen molar-refractivity contribution >= 4 is 28.1 Å². The van der Waals surface area contributed by atoms with Crippen molar-refractivity contribution in [3.8, 4) is 0 Å². The van der Waals surface area contributed by atoms with Gasteiger partial charge in [0.05, 0.1) is 6.61 Å². The molecular weight excluding hydrogens is 246 g/mol. The number of hydrogen-bond acceptors (Lipinski definition) is 3. The quantitative estimate of drug-likeness (QED) is 0.873. The van der Waals surface area contributed by atoms with Crippen molar-refractivity contribution in [2.75, 3.05) is 29.5 Å². The molecule has 1 saturated heterocycles. The molecule has 5 heteroatoms. The van der Waals surface area contributed by atoms with Crippen molar-refractivity contribution in [1.29, 1.82) is 0 Å². The number of aliphatic hydroxyl groups excluding tert-OH is 1. The number of benzene rings is 1. The molecule has 88 valence electrons. The maximum absolute atomic E-state index is 11.3. The van der Waals surface area contributed by atoms with Gasteiger partial charge in [0, 0.05) is 51.7 Å². The molecule has 1 fully saturated rings. The highest BCUT2D eigenvalue weighted by molar-refractivity contribution is 7.85. The van der Waals surface area contributed by atoms with Gasteiger partial charge in [-0.3, -0.25) is 4.21 Å². The second-order valence-corrected chi connectivity index (χ2v) is 5.83. The molecule has 0 saturated carbocycles. The van der Waals surface area contributed by atoms with Gasteiger partial charge in [0.25, 0.3) is 0 Å². The Kier molecular flexibility index (Phi) is 3.84. The predicted octanol–water partition coefficient (Wildman–Crippen LogP) is 1.40. The molecule has 0 bridgehead atoms. The summed E-state index contributed by atoms with van der Waals surface area (Å²) in [5.41, 5.74) is 1.73. The molecule has 1 aliphatic heterocycles. The van der Waals surface area contributed by atoms with Gasteiger partial charge in [-0.15, -0.1) is 0 Å². The second kappa shape index (κ2) is 5.17. The Morgan fingerprint density at radius 1 is 1.38 bits per heavy atom. The van der Waals surface area contributed by atoms with E-state index < -0.39 is 10.8 Å². The van der Waals surface area contributed by atoms with Gasteiger partial charge in [-0.1, -0.05) is 17.7 Å². The first-order valence-electron chi connectivity index (χ1n) is 5.20. The molecule has 1 aliphatic rings. The lowest BCUT2D eigenvalue weighted by atomic mass is 10.1. The van der Waals surface area contributed by atoms with E-state index in [1.165, 1.54) is 0 Å². The lowest BCUT2D eigenvalue weighted by Crippen LogP contribution is -2.38. The van der Waals surface area contributed by atoms with Gasteiger partial charge in [-0.2, -0.15) is 0 Å². The van der Waals surface area contributed by atoms with E-state index >= 15 is 0 Å². The van der Waals surface area contributed by atoms with E-state index in [4.69, 9.17) is 11.6 Å². The molecule has 0 aliphatic carbocycles. The molecule has 0 amide bonds. The van der Waals surface area contributed by atoms with Crippen LogP contribution in [-0.4, -0.2) is 33.9 Å². The summed E-state index contributed by atoms with van der Waals surface area (Å²) in [6.45, 7) is 1.47. The minimum Gasteiger partial charge on any atom is -0.392 e. The minimum atomic E-state index is -0.686. The van der Waals surface area contributed by atoms with Crippen molar-refractivity contribution in [3.63, 3.8) is 0 Å². The third-order valence-electron chi connectivity index (χ3n) is 2.77. The predicted molar refractivity (Wildman–Crippen MR) is 67.5 cm³/mol. The van der Waals surface area contributed by atoms with Gasteiger partial charge < -0.3 is 10.0 Å². The van der Waals surface area contributed by atoms with Crippen LogP contribution in [0.15, 0.2) is 18.2 Å². The molecule has 0 atom stereocenters. The minimum absolute atomic E-state index is 0.0609. The van der Waals surface area contributed by atoms with Crippen LogP contribution >= 0.6 is 11.6 Å². The van der Waals surface area contributed by atoms with Crippen LogP contribution in [0, 0.1) is 0 Å². The Hall–Kier alpha value is -0.580. The Bertz CT molecular complexity index is 401. The second-order valence-electron chi connectivity index (χ2n) is 3.73. The first-order chi connectivity index (χ1) is 7.72. The fourth-order valence-electron chi connectivity index (χ4n) is 1.88. The monoisotopic (exact) mass is 259 g/mol. The smallest absolute Gasteiger partial charge is 0.0716 e. The SMILES string of the molecule is O=S1CCN(c2cccc(Cl)c2CO)CC1. The highest BCUT2D eigenvalue weighted by atomic mass is 35.5. The van der Waals surface area contributed by atoms with E-state index in [2.05, 4.69) is 4.90 Å². The standard InChI is InChI=1S/C11H14ClNO2S/c12-10-2-1-3-11(9(10)8-14)13-4-6-16(15)7-5-13/h1-3,14H,4-8H2. The van der Waals surface area contributed by atoms with E-state index in [1.54, 1.807) is 6.07 Å². The van der Waals surface area contributed by atoms with Crippen molar-refractivity contribution in [2.45, 2.75) is 6.61 Å². The molecule has 1 heterocycles. The van der Waals surface area contributed by atoms with Gasteiger partial charge in [-0.25, -0.2) is 0 Å². The lowest BCUT2D eigenvalue weighted by molar-refractivity contribution is 0.282. The lowest BCUT2D eigenvalue weighted by Gasteiger charge is -2.30. The molecule has 2 rings (SSSR count). The van der Waals surface area contributed by atoms with Gasteiger partial charge in [0.2, 0.25) is 0 Å². The highest BCUT2D eigenvalue weighted by Crippen LogP contribution is 2.28. The third-order valence-corrected chi connectivity index (χ3v) is 4.40. The van der Waals surface area contributed by atoms with Crippen LogP contribution in [0.1, 0.15) is 5.56 Å². The molecule has 16 heavy (non-hydrogen) atoms. The molecule has 1 N–H and O–H groups in total. The summed E-state index contributed by atoms with van der Waals surface area (Å²) in [6, 6.07) is 5.60. The number of rotatable bonds is 2. The van der Waals surface area contributed by atoms with Crippen LogP contribution in [0.4, 0.5) is 5.69 Å². The maximum Gasteiger partial charge on any atom is 0.0716 e. The maximum atomic E-state index is 11.3. The van der Waals surface area contributed by atoms with Crippen LogP contribution in [-0.2, 0) is 17.4 Å². The Labute approximate surface area is 102 Å². The Balaban J connectivity index is 2.26. The summed E-state index contributed by atoms with van der Waals surface area (Å²) in [5.74, 6) is 1.38. The largest absolute Gasteiger partial charge is 0.392 e. The Morgan fingerprint density at radius 2 is 2.06 bits per heavy atom. The average molecular weight is 260 g/mol. The van der Waals surface area contributed by atoms with Crippen LogP contribution < -0.4 is 4.90 Å². The third kappa shape index (κ3) is 2.39. The molecule has 0 unspecified atom stereocenters. The van der Waals surface area contributed by atoms with E-state index in [0.29, 0.717) is 16.5 Å². The molecule has 3 nitrogen and oxygen atoms in total. The fraction of sp³-hybridized carbons (Fsp3) is 0.455. The van der Waals surface area contributed by atoms with E-state index in [-0.39, 0.29) is 6.61 Å². The first kappa shape index (κ1) is 11.9. The van der Waals surface area contributed by atoms with Gasteiger partial charge >= 0.3 is 0 Å². The summed E-state index contributed by atoms with van der Waals surface area (Å²) in [5, 5.41) is 9.90. The van der Waals surface area contributed by atoms with Gasteiger partial charge in [0.1, 0.15) is 0 Å². The van der Waals surface area contributed by atoms with Crippen molar-refractivity contribution in [1.82, 2.24) is 0 Å². The number of anilines is 1. The summed E-state index contributed by atoms with van der Waals surface area (Å²) < 4.78 is 11.3. The van der Waals surface area contributed by atoms with Gasteiger partial charge in [0.15, 0.2) is 0 Å². The van der Waals surface area contributed by atoms with Crippen LogP contribution in [0.5, 0.6) is 0 Å². The zero-order chi connectivity index (χ0) is 11.5. The summed E-state index contributed by atoms with van der Waals surface area (Å²) in [6.07, 6.45) is 0. The number of aliphatic hydroxyl groups is 1. The van der Waals surface area contributed by atoms with Crippen LogP contribution in [0.25, 0.3) is 0 Å². The molecule has 1 aromatic rings. The van der Waals surface area contributed by atoms with Gasteiger partial charge in [-0.05, 0) is 12.1 Å². The zero-order valence-corrected chi connectivity index (χ0v) is 10.4. The molecule has 0 radical (unpaired) electrons. The van der Waals surface area contributed by atoms with Crippen LogP contribution in [0.3, 0.4) is 0 Å². The Morgan fingerprint density at radius 3 is 2.69 bits per heavy atom. The molecular formula is C11H14ClNO2S.